The van der Waals surface area contributed by atoms with Crippen molar-refractivity contribution in [2.75, 3.05) is 5.32 Å². The van der Waals surface area contributed by atoms with Crippen molar-refractivity contribution in [2.24, 2.45) is 0 Å². The van der Waals surface area contributed by atoms with Crippen molar-refractivity contribution < 1.29 is 4.79 Å². The molecule has 1 amide bonds. The first-order valence-corrected chi connectivity index (χ1v) is 8.42. The highest BCUT2D eigenvalue weighted by molar-refractivity contribution is 5.91. The molecule has 128 valence electrons. The van der Waals surface area contributed by atoms with E-state index in [1.807, 2.05) is 56.3 Å². The first-order chi connectivity index (χ1) is 11.9. The molecule has 0 aliphatic rings. The fourth-order valence-electron chi connectivity index (χ4n) is 2.85. The minimum absolute atomic E-state index is 0.00815. The van der Waals surface area contributed by atoms with Crippen LogP contribution in [0.5, 0.6) is 0 Å². The van der Waals surface area contributed by atoms with E-state index in [0.29, 0.717) is 18.4 Å². The molecule has 1 aromatic heterocycles. The van der Waals surface area contributed by atoms with Crippen LogP contribution >= 0.6 is 0 Å². The highest BCUT2D eigenvalue weighted by Gasteiger charge is 2.07. The largest absolute Gasteiger partial charge is 0.326 e. The smallest absolute Gasteiger partial charge is 0.251 e. The van der Waals surface area contributed by atoms with Gasteiger partial charge in [0.25, 0.3) is 5.56 Å². The van der Waals surface area contributed by atoms with E-state index < -0.39 is 0 Å². The molecule has 0 aliphatic heterocycles. The van der Waals surface area contributed by atoms with Gasteiger partial charge in [0.2, 0.25) is 5.91 Å². The van der Waals surface area contributed by atoms with Crippen molar-refractivity contribution in [3.8, 4) is 0 Å². The van der Waals surface area contributed by atoms with Crippen LogP contribution < -0.4 is 10.9 Å². The second-order valence-corrected chi connectivity index (χ2v) is 6.57. The third kappa shape index (κ3) is 3.97. The molecule has 1 heterocycles. The second-order valence-electron chi connectivity index (χ2n) is 6.57. The third-order valence-electron chi connectivity index (χ3n) is 4.40. The normalized spacial score (nSPS) is 10.8. The van der Waals surface area contributed by atoms with E-state index in [1.54, 1.807) is 6.92 Å². The summed E-state index contributed by atoms with van der Waals surface area (Å²) < 4.78 is 0. The maximum Gasteiger partial charge on any atom is 0.251 e. The minimum atomic E-state index is -0.0719. The molecule has 0 saturated heterocycles. The zero-order valence-electron chi connectivity index (χ0n) is 14.8. The van der Waals surface area contributed by atoms with Gasteiger partial charge < -0.3 is 10.3 Å². The van der Waals surface area contributed by atoms with Crippen molar-refractivity contribution in [1.82, 2.24) is 4.98 Å². The summed E-state index contributed by atoms with van der Waals surface area (Å²) in [5.41, 5.74) is 5.51. The van der Waals surface area contributed by atoms with Crippen LogP contribution in [0.4, 0.5) is 5.69 Å². The number of anilines is 1. The SMILES string of the molecule is Cc1ccc(C)c(NC(=O)CCc2ccc3cc(C)c(=O)[nH]c3c2)c1. The summed E-state index contributed by atoms with van der Waals surface area (Å²) in [5, 5.41) is 3.98. The van der Waals surface area contributed by atoms with Gasteiger partial charge in [-0.3, -0.25) is 9.59 Å². The molecule has 25 heavy (non-hydrogen) atoms. The van der Waals surface area contributed by atoms with E-state index in [2.05, 4.69) is 10.3 Å². The first kappa shape index (κ1) is 17.0. The van der Waals surface area contributed by atoms with E-state index >= 15 is 0 Å². The molecule has 3 aromatic rings. The Morgan fingerprint density at radius 1 is 1.00 bits per heavy atom. The molecule has 2 N–H and O–H groups in total. The predicted octanol–water partition coefficient (Wildman–Crippen LogP) is 4.02. The monoisotopic (exact) mass is 334 g/mol. The van der Waals surface area contributed by atoms with Gasteiger partial charge in [-0.1, -0.05) is 24.3 Å². The summed E-state index contributed by atoms with van der Waals surface area (Å²) in [6, 6.07) is 13.8. The summed E-state index contributed by atoms with van der Waals surface area (Å²) in [4.78, 5) is 26.9. The average molecular weight is 334 g/mol. The van der Waals surface area contributed by atoms with Gasteiger partial charge in [-0.05, 0) is 67.5 Å². The minimum Gasteiger partial charge on any atom is -0.326 e. The molecule has 0 atom stereocenters. The van der Waals surface area contributed by atoms with Crippen LogP contribution in [0, 0.1) is 20.8 Å². The molecule has 0 radical (unpaired) electrons. The standard InChI is InChI=1S/C21H22N2O2/c1-13-4-5-14(2)18(10-13)22-20(24)9-7-16-6-8-17-11-15(3)21(25)23-19(17)12-16/h4-6,8,10-12H,7,9H2,1-3H3,(H,22,24)(H,23,25). The van der Waals surface area contributed by atoms with Crippen LogP contribution in [0.25, 0.3) is 10.9 Å². The zero-order chi connectivity index (χ0) is 18.0. The quantitative estimate of drug-likeness (QED) is 0.757. The lowest BCUT2D eigenvalue weighted by Crippen LogP contribution is -2.13. The van der Waals surface area contributed by atoms with Crippen molar-refractivity contribution >= 4 is 22.5 Å². The summed E-state index contributed by atoms with van der Waals surface area (Å²) in [6.45, 7) is 5.78. The number of nitrogens with one attached hydrogen (secondary N) is 2. The molecule has 0 saturated carbocycles. The Hall–Kier alpha value is -2.88. The van der Waals surface area contributed by atoms with Crippen LogP contribution in [0.1, 0.15) is 28.7 Å². The van der Waals surface area contributed by atoms with Crippen LogP contribution in [0.2, 0.25) is 0 Å². The van der Waals surface area contributed by atoms with E-state index in [9.17, 15) is 9.59 Å². The molecule has 0 aliphatic carbocycles. The number of H-pyrrole nitrogens is 1. The number of amides is 1. The van der Waals surface area contributed by atoms with Gasteiger partial charge in [-0.25, -0.2) is 0 Å². The van der Waals surface area contributed by atoms with Crippen LogP contribution in [0.3, 0.4) is 0 Å². The number of aromatic amines is 1. The summed E-state index contributed by atoms with van der Waals surface area (Å²) >= 11 is 0. The Kier molecular flexibility index (Phi) is 4.70. The van der Waals surface area contributed by atoms with Crippen molar-refractivity contribution in [1.29, 1.82) is 0 Å². The molecule has 0 unspecified atom stereocenters. The third-order valence-corrected chi connectivity index (χ3v) is 4.40. The maximum atomic E-state index is 12.2. The highest BCUT2D eigenvalue weighted by Crippen LogP contribution is 2.18. The molecular weight excluding hydrogens is 312 g/mol. The number of carbonyl (C=O) groups excluding carboxylic acids is 1. The number of benzene rings is 2. The molecule has 3 rings (SSSR count). The molecule has 4 nitrogen and oxygen atoms in total. The van der Waals surface area contributed by atoms with E-state index in [-0.39, 0.29) is 11.5 Å². The van der Waals surface area contributed by atoms with Crippen LogP contribution in [-0.2, 0) is 11.2 Å². The van der Waals surface area contributed by atoms with Gasteiger partial charge >= 0.3 is 0 Å². The van der Waals surface area contributed by atoms with Gasteiger partial charge in [-0.2, -0.15) is 0 Å². The van der Waals surface area contributed by atoms with E-state index in [1.165, 1.54) is 0 Å². The Morgan fingerprint density at radius 3 is 2.60 bits per heavy atom. The van der Waals surface area contributed by atoms with Gasteiger partial charge in [0.15, 0.2) is 0 Å². The highest BCUT2D eigenvalue weighted by atomic mass is 16.1. The Bertz CT molecular complexity index is 1000. The molecule has 0 bridgehead atoms. The number of carbonyl (C=O) groups is 1. The van der Waals surface area contributed by atoms with Crippen molar-refractivity contribution in [2.45, 2.75) is 33.6 Å². The number of pyridine rings is 1. The number of aromatic nitrogens is 1. The van der Waals surface area contributed by atoms with Crippen molar-refractivity contribution in [3.05, 3.63) is 75.1 Å². The Morgan fingerprint density at radius 2 is 1.80 bits per heavy atom. The fraction of sp³-hybridized carbons (Fsp3) is 0.238. The number of aryl methyl sites for hydroxylation is 4. The molecule has 0 fully saturated rings. The topological polar surface area (TPSA) is 62.0 Å². The zero-order valence-corrected chi connectivity index (χ0v) is 14.8. The Labute approximate surface area is 146 Å². The number of hydrogen-bond acceptors (Lipinski definition) is 2. The number of fused-ring (bicyclic) bond motifs is 1. The maximum absolute atomic E-state index is 12.2. The lowest BCUT2D eigenvalue weighted by molar-refractivity contribution is -0.116. The summed E-state index contributed by atoms with van der Waals surface area (Å²) in [5.74, 6) is -0.00815. The van der Waals surface area contributed by atoms with Gasteiger partial charge in [0.05, 0.1) is 0 Å². The average Bonchev–Trinajstić information content (AvgIpc) is 2.57. The molecule has 4 heteroatoms. The number of rotatable bonds is 4. The lowest BCUT2D eigenvalue weighted by Gasteiger charge is -2.10. The fourth-order valence-corrected chi connectivity index (χ4v) is 2.85. The van der Waals surface area contributed by atoms with Gasteiger partial charge in [-0.15, -0.1) is 0 Å². The van der Waals surface area contributed by atoms with Crippen LogP contribution in [0.15, 0.2) is 47.3 Å². The predicted molar refractivity (Wildman–Crippen MR) is 102 cm³/mol. The molecule has 0 spiro atoms. The number of hydrogen-bond donors (Lipinski definition) is 2. The van der Waals surface area contributed by atoms with E-state index in [0.717, 1.165) is 33.3 Å². The summed E-state index contributed by atoms with van der Waals surface area (Å²) in [7, 11) is 0. The Balaban J connectivity index is 1.69. The molecular formula is C21H22N2O2. The van der Waals surface area contributed by atoms with Gasteiger partial charge in [0, 0.05) is 23.2 Å². The van der Waals surface area contributed by atoms with E-state index in [4.69, 9.17) is 0 Å². The van der Waals surface area contributed by atoms with Crippen LogP contribution in [-0.4, -0.2) is 10.9 Å². The van der Waals surface area contributed by atoms with Gasteiger partial charge in [0.1, 0.15) is 0 Å². The first-order valence-electron chi connectivity index (χ1n) is 8.42. The lowest BCUT2D eigenvalue weighted by atomic mass is 10.1. The summed E-state index contributed by atoms with van der Waals surface area (Å²) in [6.07, 6.45) is 1.03. The second kappa shape index (κ2) is 6.93. The molecule has 2 aromatic carbocycles. The van der Waals surface area contributed by atoms with Crippen molar-refractivity contribution in [3.63, 3.8) is 0 Å².